The van der Waals surface area contributed by atoms with Crippen molar-refractivity contribution in [2.45, 2.75) is 69.0 Å². The lowest BCUT2D eigenvalue weighted by Crippen LogP contribution is -2.33. The summed E-state index contributed by atoms with van der Waals surface area (Å²) in [7, 11) is 0. The number of alkyl halides is 1. The third-order valence-corrected chi connectivity index (χ3v) is 4.93. The smallest absolute Gasteiger partial charge is 0.309 e. The summed E-state index contributed by atoms with van der Waals surface area (Å²) in [5.74, 6) is 1.08. The van der Waals surface area contributed by atoms with Gasteiger partial charge in [0.2, 0.25) is 0 Å². The van der Waals surface area contributed by atoms with E-state index in [0.29, 0.717) is 15.3 Å². The molecule has 5 unspecified atom stereocenters. The van der Waals surface area contributed by atoms with E-state index in [0.717, 1.165) is 32.3 Å². The molecule has 3 nitrogen and oxygen atoms in total. The lowest BCUT2D eigenvalue weighted by Gasteiger charge is -2.26. The minimum Gasteiger partial charge on any atom is -0.459 e. The topological polar surface area (TPSA) is 35.5 Å². The number of carbonyl (C=O) groups excluding carboxylic acids is 1. The van der Waals surface area contributed by atoms with Crippen molar-refractivity contribution >= 4 is 28.6 Å². The maximum Gasteiger partial charge on any atom is 0.309 e. The van der Waals surface area contributed by atoms with Gasteiger partial charge in [-0.1, -0.05) is 49.8 Å². The van der Waals surface area contributed by atoms with Gasteiger partial charge in [-0.05, 0) is 32.1 Å². The van der Waals surface area contributed by atoms with Crippen molar-refractivity contribution in [2.24, 2.45) is 17.8 Å². The normalized spacial score (nSPS) is 32.9. The third-order valence-electron chi connectivity index (χ3n) is 4.49. The lowest BCUT2D eigenvalue weighted by molar-refractivity contribution is -0.150. The van der Waals surface area contributed by atoms with Crippen LogP contribution in [0, 0.1) is 17.8 Å². The summed E-state index contributed by atoms with van der Waals surface area (Å²) in [4.78, 5) is 11.8. The van der Waals surface area contributed by atoms with Gasteiger partial charge < -0.3 is 9.47 Å². The molecule has 1 aliphatic heterocycles. The van der Waals surface area contributed by atoms with Gasteiger partial charge in [0.1, 0.15) is 6.10 Å². The molecule has 0 N–H and O–H groups in total. The Bertz CT molecular complexity index is 350. The van der Waals surface area contributed by atoms with Crippen LogP contribution in [0.25, 0.3) is 0 Å². The van der Waals surface area contributed by atoms with Crippen LogP contribution in [0.3, 0.4) is 0 Å². The number of esters is 1. The minimum absolute atomic E-state index is 0.00870. The Kier molecular flexibility index (Phi) is 5.38. The van der Waals surface area contributed by atoms with Crippen LogP contribution in [0.5, 0.6) is 0 Å². The van der Waals surface area contributed by atoms with Crippen LogP contribution in [-0.2, 0) is 14.3 Å². The van der Waals surface area contributed by atoms with Gasteiger partial charge in [0.25, 0.3) is 0 Å². The zero-order chi connectivity index (χ0) is 14.9. The average Bonchev–Trinajstić information content (AvgIpc) is 2.88. The van der Waals surface area contributed by atoms with Gasteiger partial charge in [-0.2, -0.15) is 0 Å². The van der Waals surface area contributed by atoms with Crippen LogP contribution >= 0.6 is 22.6 Å². The second-order valence-corrected chi connectivity index (χ2v) is 10.1. The van der Waals surface area contributed by atoms with Crippen LogP contribution in [0.1, 0.15) is 53.4 Å². The number of fused-ring (bicyclic) bond motifs is 1. The molecule has 0 aromatic carbocycles. The summed E-state index contributed by atoms with van der Waals surface area (Å²) >= 11 is 2.48. The van der Waals surface area contributed by atoms with Crippen LogP contribution in [0.15, 0.2) is 0 Å². The van der Waals surface area contributed by atoms with Crippen molar-refractivity contribution in [2.75, 3.05) is 6.61 Å². The van der Waals surface area contributed by atoms with Crippen LogP contribution in [-0.4, -0.2) is 28.2 Å². The minimum atomic E-state index is -0.0187. The quantitative estimate of drug-likeness (QED) is 0.389. The fraction of sp³-hybridized carbons (Fsp3) is 0.938. The molecule has 2 aliphatic rings. The molecule has 1 saturated heterocycles. The van der Waals surface area contributed by atoms with Crippen LogP contribution in [0.4, 0.5) is 0 Å². The van der Waals surface area contributed by atoms with E-state index in [-0.39, 0.29) is 24.1 Å². The number of hydrogen-bond acceptors (Lipinski definition) is 3. The van der Waals surface area contributed by atoms with Crippen molar-refractivity contribution in [3.8, 4) is 0 Å². The van der Waals surface area contributed by atoms with Crippen LogP contribution < -0.4 is 0 Å². The van der Waals surface area contributed by atoms with Crippen molar-refractivity contribution in [1.82, 2.24) is 0 Å². The highest BCUT2D eigenvalue weighted by Crippen LogP contribution is 2.43. The Labute approximate surface area is 136 Å². The van der Waals surface area contributed by atoms with Gasteiger partial charge in [0, 0.05) is 15.9 Å². The molecule has 2 rings (SSSR count). The Morgan fingerprint density at radius 2 is 2.10 bits per heavy atom. The SMILES string of the molecule is CC(COC(C)C1OC(=O)C2CCCC21)CC(C)(C)I. The van der Waals surface area contributed by atoms with Gasteiger partial charge in [-0.15, -0.1) is 0 Å². The molecule has 2 fully saturated rings. The first kappa shape index (κ1) is 16.5. The molecule has 0 spiro atoms. The Morgan fingerprint density at radius 1 is 1.40 bits per heavy atom. The monoisotopic (exact) mass is 394 g/mol. The summed E-state index contributed by atoms with van der Waals surface area (Å²) in [6, 6.07) is 0. The first-order valence-electron chi connectivity index (χ1n) is 7.79. The molecular formula is C16H27IO3. The molecule has 1 heterocycles. The zero-order valence-electron chi connectivity index (χ0n) is 13.0. The third kappa shape index (κ3) is 4.09. The van der Waals surface area contributed by atoms with Crippen molar-refractivity contribution in [3.63, 3.8) is 0 Å². The molecule has 0 bridgehead atoms. The summed E-state index contributed by atoms with van der Waals surface area (Å²) in [6.07, 6.45) is 4.42. The highest BCUT2D eigenvalue weighted by Gasteiger charge is 2.49. The predicted octanol–water partition coefficient (Wildman–Crippen LogP) is 3.97. The fourth-order valence-corrected chi connectivity index (χ4v) is 4.48. The van der Waals surface area contributed by atoms with E-state index in [1.54, 1.807) is 0 Å². The maximum atomic E-state index is 11.8. The molecule has 1 aliphatic carbocycles. The van der Waals surface area contributed by atoms with Crippen LogP contribution in [0.2, 0.25) is 0 Å². The van der Waals surface area contributed by atoms with Gasteiger partial charge in [-0.3, -0.25) is 4.79 Å². The number of carbonyl (C=O) groups is 1. The largest absolute Gasteiger partial charge is 0.459 e. The van der Waals surface area contributed by atoms with Crippen molar-refractivity contribution in [3.05, 3.63) is 0 Å². The Hall–Kier alpha value is 0.160. The van der Waals surface area contributed by atoms with E-state index in [1.807, 2.05) is 0 Å². The van der Waals surface area contributed by atoms with E-state index in [2.05, 4.69) is 50.3 Å². The lowest BCUT2D eigenvalue weighted by atomic mass is 9.91. The Balaban J connectivity index is 1.80. The van der Waals surface area contributed by atoms with Crippen molar-refractivity contribution < 1.29 is 14.3 Å². The number of rotatable bonds is 6. The highest BCUT2D eigenvalue weighted by atomic mass is 127. The number of cyclic esters (lactones) is 1. The molecule has 0 aromatic heterocycles. The molecule has 0 radical (unpaired) electrons. The summed E-state index contributed by atoms with van der Waals surface area (Å²) in [6.45, 7) is 9.52. The highest BCUT2D eigenvalue weighted by molar-refractivity contribution is 14.1. The average molecular weight is 394 g/mol. The van der Waals surface area contributed by atoms with Gasteiger partial charge >= 0.3 is 5.97 Å². The second-order valence-electron chi connectivity index (χ2n) is 7.17. The van der Waals surface area contributed by atoms with E-state index >= 15 is 0 Å². The zero-order valence-corrected chi connectivity index (χ0v) is 15.2. The first-order valence-corrected chi connectivity index (χ1v) is 8.87. The van der Waals surface area contributed by atoms with E-state index in [9.17, 15) is 4.79 Å². The molecule has 1 saturated carbocycles. The molecule has 20 heavy (non-hydrogen) atoms. The maximum absolute atomic E-state index is 11.8. The van der Waals surface area contributed by atoms with Crippen molar-refractivity contribution in [1.29, 1.82) is 0 Å². The predicted molar refractivity (Wildman–Crippen MR) is 88.0 cm³/mol. The fourth-order valence-electron chi connectivity index (χ4n) is 3.73. The molecular weight excluding hydrogens is 367 g/mol. The summed E-state index contributed by atoms with van der Waals surface area (Å²) < 4.78 is 11.9. The molecule has 0 amide bonds. The molecule has 4 heteroatoms. The first-order chi connectivity index (χ1) is 9.28. The number of halogens is 1. The summed E-state index contributed by atoms with van der Waals surface area (Å²) in [5.41, 5.74) is 0. The van der Waals surface area contributed by atoms with Gasteiger partial charge in [0.05, 0.1) is 12.0 Å². The van der Waals surface area contributed by atoms with Gasteiger partial charge in [0.15, 0.2) is 0 Å². The number of hydrogen-bond donors (Lipinski definition) is 0. The van der Waals surface area contributed by atoms with E-state index in [1.165, 1.54) is 0 Å². The molecule has 116 valence electrons. The van der Waals surface area contributed by atoms with E-state index in [4.69, 9.17) is 9.47 Å². The standard InChI is InChI=1S/C16H27IO3/c1-10(8-16(3,4)17)9-19-11(2)14-12-6-5-7-13(12)15(18)20-14/h10-14H,5-9H2,1-4H3. The molecule has 0 aromatic rings. The molecule has 5 atom stereocenters. The number of ether oxygens (including phenoxy) is 2. The van der Waals surface area contributed by atoms with E-state index < -0.39 is 0 Å². The second kappa shape index (κ2) is 6.51. The Morgan fingerprint density at radius 3 is 2.75 bits per heavy atom. The van der Waals surface area contributed by atoms with Gasteiger partial charge in [-0.25, -0.2) is 0 Å². The summed E-state index contributed by atoms with van der Waals surface area (Å²) in [5, 5.41) is 0.